The van der Waals surface area contributed by atoms with E-state index in [1.165, 1.54) is 11.8 Å². The van der Waals surface area contributed by atoms with Gasteiger partial charge in [-0.15, -0.1) is 10.2 Å². The molecule has 0 atom stereocenters. The molecule has 0 aliphatic carbocycles. The quantitative estimate of drug-likeness (QED) is 0.539. The average Bonchev–Trinajstić information content (AvgIpc) is 3.06. The number of benzene rings is 2. The first-order valence-corrected chi connectivity index (χ1v) is 10.6. The summed E-state index contributed by atoms with van der Waals surface area (Å²) in [4.78, 5) is 24.4. The molecule has 0 radical (unpaired) electrons. The molecule has 7 nitrogen and oxygen atoms in total. The van der Waals surface area contributed by atoms with Crippen LogP contribution >= 0.6 is 11.8 Å². The van der Waals surface area contributed by atoms with Crippen molar-refractivity contribution in [3.8, 4) is 0 Å². The molecule has 1 heterocycles. The Morgan fingerprint density at radius 3 is 2.57 bits per heavy atom. The first kappa shape index (κ1) is 21.6. The number of hydrogen-bond acceptors (Lipinski definition) is 5. The van der Waals surface area contributed by atoms with E-state index in [1.807, 2.05) is 74.0 Å². The predicted molar refractivity (Wildman–Crippen MR) is 120 cm³/mol. The van der Waals surface area contributed by atoms with Crippen molar-refractivity contribution in [3.05, 3.63) is 65.5 Å². The van der Waals surface area contributed by atoms with E-state index in [-0.39, 0.29) is 17.6 Å². The Balaban J connectivity index is 1.48. The number of thioether (sulfide) groups is 1. The zero-order valence-corrected chi connectivity index (χ0v) is 18.1. The average molecular weight is 424 g/mol. The highest BCUT2D eigenvalue weighted by Crippen LogP contribution is 2.18. The van der Waals surface area contributed by atoms with Crippen molar-refractivity contribution in [1.29, 1.82) is 0 Å². The second-order valence-electron chi connectivity index (χ2n) is 7.03. The molecule has 3 aromatic rings. The van der Waals surface area contributed by atoms with Gasteiger partial charge in [0.1, 0.15) is 5.82 Å². The van der Waals surface area contributed by atoms with Crippen molar-refractivity contribution in [3.63, 3.8) is 0 Å². The van der Waals surface area contributed by atoms with Crippen LogP contribution in [0.1, 0.15) is 23.4 Å². The summed E-state index contributed by atoms with van der Waals surface area (Å²) >= 11 is 1.32. The van der Waals surface area contributed by atoms with Crippen LogP contribution in [0.3, 0.4) is 0 Å². The van der Waals surface area contributed by atoms with E-state index in [0.717, 1.165) is 22.5 Å². The molecule has 1 aromatic heterocycles. The van der Waals surface area contributed by atoms with Gasteiger partial charge in [-0.3, -0.25) is 9.59 Å². The van der Waals surface area contributed by atoms with Gasteiger partial charge in [-0.2, -0.15) is 0 Å². The minimum atomic E-state index is -0.104. The Kier molecular flexibility index (Phi) is 7.24. The number of para-hydroxylation sites is 1. The third kappa shape index (κ3) is 5.93. The fraction of sp³-hybridized carbons (Fsp3) is 0.273. The highest BCUT2D eigenvalue weighted by molar-refractivity contribution is 7.99. The smallest absolute Gasteiger partial charge is 0.234 e. The molecule has 0 spiro atoms. The highest BCUT2D eigenvalue weighted by Gasteiger charge is 2.13. The first-order chi connectivity index (χ1) is 14.4. The number of nitrogens with one attached hydrogen (secondary N) is 2. The molecule has 2 aromatic carbocycles. The van der Waals surface area contributed by atoms with Gasteiger partial charge < -0.3 is 15.2 Å². The summed E-state index contributed by atoms with van der Waals surface area (Å²) in [5.74, 6) is 0.761. The summed E-state index contributed by atoms with van der Waals surface area (Å²) in [5, 5.41) is 14.8. The van der Waals surface area contributed by atoms with E-state index >= 15 is 0 Å². The molecule has 2 amide bonds. The summed E-state index contributed by atoms with van der Waals surface area (Å²) in [7, 11) is 1.84. The van der Waals surface area contributed by atoms with Gasteiger partial charge in [0.25, 0.3) is 0 Å². The molecule has 2 N–H and O–H groups in total. The number of anilines is 2. The van der Waals surface area contributed by atoms with E-state index in [1.54, 1.807) is 0 Å². The number of amides is 2. The normalized spacial score (nSPS) is 10.6. The molecule has 8 heteroatoms. The fourth-order valence-electron chi connectivity index (χ4n) is 2.89. The molecule has 0 fully saturated rings. The second-order valence-corrected chi connectivity index (χ2v) is 7.97. The molecule has 0 aliphatic rings. The van der Waals surface area contributed by atoms with Gasteiger partial charge in [0.15, 0.2) is 5.16 Å². The van der Waals surface area contributed by atoms with Crippen LogP contribution in [0.25, 0.3) is 0 Å². The van der Waals surface area contributed by atoms with Crippen LogP contribution in [0.5, 0.6) is 0 Å². The van der Waals surface area contributed by atoms with Crippen LogP contribution in [0.15, 0.2) is 53.7 Å². The minimum absolute atomic E-state index is 0.0703. The van der Waals surface area contributed by atoms with E-state index in [9.17, 15) is 9.59 Å². The fourth-order valence-corrected chi connectivity index (χ4v) is 3.62. The van der Waals surface area contributed by atoms with Gasteiger partial charge in [-0.25, -0.2) is 0 Å². The Labute approximate surface area is 180 Å². The number of hydrogen-bond donors (Lipinski definition) is 2. The molecular formula is C22H25N5O2S. The minimum Gasteiger partial charge on any atom is -0.326 e. The maximum Gasteiger partial charge on any atom is 0.234 e. The lowest BCUT2D eigenvalue weighted by Gasteiger charge is -2.08. The number of aryl methyl sites for hydroxylation is 3. The Morgan fingerprint density at radius 2 is 1.80 bits per heavy atom. The van der Waals surface area contributed by atoms with E-state index in [2.05, 4.69) is 20.8 Å². The lowest BCUT2D eigenvalue weighted by molar-refractivity contribution is -0.116. The lowest BCUT2D eigenvalue weighted by Crippen LogP contribution is -2.15. The summed E-state index contributed by atoms with van der Waals surface area (Å²) in [5.41, 5.74) is 3.70. The van der Waals surface area contributed by atoms with Gasteiger partial charge in [0, 0.05) is 31.3 Å². The summed E-state index contributed by atoms with van der Waals surface area (Å²) in [6.07, 6.45) is 0.774. The van der Waals surface area contributed by atoms with Gasteiger partial charge in [-0.05, 0) is 43.2 Å². The number of aromatic nitrogens is 3. The van der Waals surface area contributed by atoms with Crippen molar-refractivity contribution in [2.24, 2.45) is 7.05 Å². The monoisotopic (exact) mass is 423 g/mol. The zero-order valence-electron chi connectivity index (χ0n) is 17.3. The molecular weight excluding hydrogens is 398 g/mol. The third-order valence-corrected chi connectivity index (χ3v) is 5.57. The van der Waals surface area contributed by atoms with Crippen LogP contribution in [-0.2, 0) is 23.1 Å². The lowest BCUT2D eigenvalue weighted by atomic mass is 10.2. The molecule has 156 valence electrons. The number of carbonyl (C=O) groups is 2. The van der Waals surface area contributed by atoms with E-state index < -0.39 is 0 Å². The van der Waals surface area contributed by atoms with Crippen LogP contribution < -0.4 is 10.6 Å². The SMILES string of the molecule is Cc1cccc(NC(=O)CSc2nnc(CCC(=O)Nc3ccccc3C)n2C)c1. The second kappa shape index (κ2) is 10.1. The Bertz CT molecular complexity index is 1050. The zero-order chi connectivity index (χ0) is 21.5. The van der Waals surface area contributed by atoms with Gasteiger partial charge >= 0.3 is 0 Å². The van der Waals surface area contributed by atoms with E-state index in [4.69, 9.17) is 0 Å². The van der Waals surface area contributed by atoms with Crippen molar-refractivity contribution < 1.29 is 9.59 Å². The molecule has 3 rings (SSSR count). The van der Waals surface area contributed by atoms with E-state index in [0.29, 0.717) is 23.8 Å². The van der Waals surface area contributed by atoms with Crippen molar-refractivity contribution in [2.45, 2.75) is 31.8 Å². The van der Waals surface area contributed by atoms with Gasteiger partial charge in [0.05, 0.1) is 5.75 Å². The standard InChI is InChI=1S/C22H25N5O2S/c1-15-7-6-9-17(13-15)23-21(29)14-30-22-26-25-19(27(22)3)11-12-20(28)24-18-10-5-4-8-16(18)2/h4-10,13H,11-12,14H2,1-3H3,(H,23,29)(H,24,28). The topological polar surface area (TPSA) is 88.9 Å². The predicted octanol–water partition coefficient (Wildman–Crippen LogP) is 3.73. The largest absolute Gasteiger partial charge is 0.326 e. The molecule has 0 unspecified atom stereocenters. The summed E-state index contributed by atoms with van der Waals surface area (Å²) < 4.78 is 1.83. The number of carbonyl (C=O) groups excluding carboxylic acids is 2. The van der Waals surface area contributed by atoms with Crippen LogP contribution in [-0.4, -0.2) is 32.3 Å². The molecule has 0 saturated heterocycles. The summed E-state index contributed by atoms with van der Waals surface area (Å²) in [6.45, 7) is 3.93. The maximum atomic E-state index is 12.2. The van der Waals surface area contributed by atoms with Gasteiger partial charge in [-0.1, -0.05) is 42.1 Å². The molecule has 0 saturated carbocycles. The van der Waals surface area contributed by atoms with Crippen LogP contribution in [0.2, 0.25) is 0 Å². The van der Waals surface area contributed by atoms with Crippen LogP contribution in [0, 0.1) is 13.8 Å². The maximum absolute atomic E-state index is 12.2. The van der Waals surface area contributed by atoms with Crippen molar-refractivity contribution in [2.75, 3.05) is 16.4 Å². The number of nitrogens with zero attached hydrogens (tertiary/aromatic N) is 3. The Morgan fingerprint density at radius 1 is 1.00 bits per heavy atom. The van der Waals surface area contributed by atoms with Crippen LogP contribution in [0.4, 0.5) is 11.4 Å². The van der Waals surface area contributed by atoms with Gasteiger partial charge in [0.2, 0.25) is 11.8 Å². The number of rotatable bonds is 8. The molecule has 0 aliphatic heterocycles. The summed E-state index contributed by atoms with van der Waals surface area (Å²) in [6, 6.07) is 15.3. The highest BCUT2D eigenvalue weighted by atomic mass is 32.2. The van der Waals surface area contributed by atoms with Crippen molar-refractivity contribution >= 4 is 35.0 Å². The molecule has 30 heavy (non-hydrogen) atoms. The Hall–Kier alpha value is -3.13. The molecule has 0 bridgehead atoms. The van der Waals surface area contributed by atoms with Crippen molar-refractivity contribution in [1.82, 2.24) is 14.8 Å². The first-order valence-electron chi connectivity index (χ1n) is 9.65. The third-order valence-electron chi connectivity index (χ3n) is 4.55.